The van der Waals surface area contributed by atoms with E-state index in [1.165, 1.54) is 5.56 Å². The topological polar surface area (TPSA) is 79.2 Å². The summed E-state index contributed by atoms with van der Waals surface area (Å²) < 4.78 is 1.97. The van der Waals surface area contributed by atoms with Crippen molar-refractivity contribution in [3.05, 3.63) is 59.9 Å². The Labute approximate surface area is 189 Å². The molecule has 1 fully saturated rings. The molecule has 4 rings (SSSR count). The lowest BCUT2D eigenvalue weighted by atomic mass is 9.87. The minimum absolute atomic E-state index is 0.0685. The van der Waals surface area contributed by atoms with E-state index in [9.17, 15) is 4.79 Å². The van der Waals surface area contributed by atoms with Crippen LogP contribution in [0.1, 0.15) is 37.7 Å². The number of hydrogen-bond donors (Lipinski definition) is 1. The molecule has 0 saturated carbocycles. The predicted octanol–water partition coefficient (Wildman–Crippen LogP) is 3.93. The highest BCUT2D eigenvalue weighted by atomic mass is 16.2. The van der Waals surface area contributed by atoms with E-state index in [-0.39, 0.29) is 11.4 Å². The number of anilines is 2. The molecule has 1 aliphatic heterocycles. The van der Waals surface area contributed by atoms with Crippen LogP contribution in [0.15, 0.2) is 43.0 Å². The predicted molar refractivity (Wildman–Crippen MR) is 127 cm³/mol. The molecule has 32 heavy (non-hydrogen) atoms. The fourth-order valence-corrected chi connectivity index (χ4v) is 3.77. The quantitative estimate of drug-likeness (QED) is 0.677. The van der Waals surface area contributed by atoms with Crippen molar-refractivity contribution in [2.75, 3.05) is 36.4 Å². The highest BCUT2D eigenvalue weighted by Gasteiger charge is 2.23. The maximum atomic E-state index is 12.7. The van der Waals surface area contributed by atoms with E-state index in [1.807, 2.05) is 41.5 Å². The van der Waals surface area contributed by atoms with Gasteiger partial charge < -0.3 is 15.1 Å². The number of carbonyl (C=O) groups is 1. The van der Waals surface area contributed by atoms with Gasteiger partial charge in [0, 0.05) is 43.6 Å². The minimum atomic E-state index is -0.0685. The van der Waals surface area contributed by atoms with Gasteiger partial charge in [-0.15, -0.1) is 0 Å². The smallest absolute Gasteiger partial charge is 0.321 e. The van der Waals surface area contributed by atoms with E-state index in [1.54, 1.807) is 12.7 Å². The maximum Gasteiger partial charge on any atom is 0.321 e. The van der Waals surface area contributed by atoms with Crippen LogP contribution in [0.25, 0.3) is 5.82 Å². The number of hydrogen-bond acceptors (Lipinski definition) is 5. The largest absolute Gasteiger partial charge is 0.353 e. The van der Waals surface area contributed by atoms with Gasteiger partial charge in [-0.3, -0.25) is 4.57 Å². The molecule has 0 spiro atoms. The van der Waals surface area contributed by atoms with E-state index in [0.717, 1.165) is 41.8 Å². The summed E-state index contributed by atoms with van der Waals surface area (Å²) in [5.74, 6) is 1.66. The Bertz CT molecular complexity index is 1090. The second-order valence-corrected chi connectivity index (χ2v) is 9.25. The van der Waals surface area contributed by atoms with Crippen molar-refractivity contribution < 1.29 is 4.79 Å². The summed E-state index contributed by atoms with van der Waals surface area (Å²) in [4.78, 5) is 30.0. The summed E-state index contributed by atoms with van der Waals surface area (Å²) >= 11 is 0. The Morgan fingerprint density at radius 2 is 1.59 bits per heavy atom. The van der Waals surface area contributed by atoms with E-state index in [0.29, 0.717) is 13.1 Å². The molecule has 1 saturated heterocycles. The average molecular weight is 434 g/mol. The highest BCUT2D eigenvalue weighted by Crippen LogP contribution is 2.24. The molecule has 0 bridgehead atoms. The third kappa shape index (κ3) is 4.59. The van der Waals surface area contributed by atoms with Gasteiger partial charge in [0.05, 0.1) is 5.69 Å². The van der Waals surface area contributed by atoms with E-state index >= 15 is 0 Å². The molecule has 2 amide bonds. The second kappa shape index (κ2) is 8.61. The maximum absolute atomic E-state index is 12.7. The first-order valence-electron chi connectivity index (χ1n) is 11.0. The molecule has 8 heteroatoms. The molecule has 1 aliphatic rings. The van der Waals surface area contributed by atoms with Gasteiger partial charge >= 0.3 is 6.03 Å². The van der Waals surface area contributed by atoms with E-state index < -0.39 is 0 Å². The third-order valence-corrected chi connectivity index (χ3v) is 6.03. The lowest BCUT2D eigenvalue weighted by Gasteiger charge is -2.35. The Hall–Kier alpha value is -3.42. The van der Waals surface area contributed by atoms with Gasteiger partial charge in [0.1, 0.15) is 24.3 Å². The molecule has 0 atom stereocenters. The zero-order valence-electron chi connectivity index (χ0n) is 19.5. The number of carbonyl (C=O) groups excluding carboxylic acids is 1. The Kier molecular flexibility index (Phi) is 5.86. The average Bonchev–Trinajstić information content (AvgIpc) is 3.12. The number of nitrogens with zero attached hydrogens (tertiary/aromatic N) is 6. The Morgan fingerprint density at radius 3 is 2.19 bits per heavy atom. The fraction of sp³-hybridized carbons (Fsp3) is 0.417. The molecule has 168 valence electrons. The van der Waals surface area contributed by atoms with Crippen molar-refractivity contribution >= 4 is 17.5 Å². The first-order valence-corrected chi connectivity index (χ1v) is 11.0. The Balaban J connectivity index is 1.36. The number of amides is 2. The Morgan fingerprint density at radius 1 is 0.938 bits per heavy atom. The number of aryl methyl sites for hydroxylation is 1. The van der Waals surface area contributed by atoms with Crippen molar-refractivity contribution in [2.24, 2.45) is 0 Å². The van der Waals surface area contributed by atoms with Gasteiger partial charge in [-0.25, -0.2) is 19.7 Å². The summed E-state index contributed by atoms with van der Waals surface area (Å²) in [5, 5.41) is 3.02. The fourth-order valence-electron chi connectivity index (χ4n) is 3.77. The van der Waals surface area contributed by atoms with Crippen molar-refractivity contribution in [1.82, 2.24) is 24.4 Å². The first-order chi connectivity index (χ1) is 15.2. The molecule has 0 radical (unpaired) electrons. The van der Waals surface area contributed by atoms with Gasteiger partial charge in [-0.05, 0) is 37.0 Å². The van der Waals surface area contributed by atoms with Crippen LogP contribution in [-0.2, 0) is 5.41 Å². The molecular weight excluding hydrogens is 402 g/mol. The molecule has 0 aliphatic carbocycles. The van der Waals surface area contributed by atoms with Crippen LogP contribution < -0.4 is 10.2 Å². The molecule has 3 aromatic rings. The zero-order valence-corrected chi connectivity index (χ0v) is 19.5. The minimum Gasteiger partial charge on any atom is -0.353 e. The molecule has 1 aromatic carbocycles. The molecule has 3 heterocycles. The number of urea groups is 1. The van der Waals surface area contributed by atoms with Crippen LogP contribution in [-0.4, -0.2) is 56.6 Å². The number of rotatable bonds is 3. The lowest BCUT2D eigenvalue weighted by Crippen LogP contribution is -2.50. The van der Waals surface area contributed by atoms with Gasteiger partial charge in [0.25, 0.3) is 0 Å². The van der Waals surface area contributed by atoms with Crippen molar-refractivity contribution in [1.29, 1.82) is 0 Å². The van der Waals surface area contributed by atoms with Gasteiger partial charge in [0.15, 0.2) is 0 Å². The SMILES string of the molecule is Cc1ncn(-c2cc(N3CCN(C(=O)Nc4ccc(C(C)(C)C)cc4)CC3)ncn2)c1C. The summed E-state index contributed by atoms with van der Waals surface area (Å²) in [6.45, 7) is 13.2. The first kappa shape index (κ1) is 21.8. The summed E-state index contributed by atoms with van der Waals surface area (Å²) in [6, 6.07) is 9.99. The second-order valence-electron chi connectivity index (χ2n) is 9.25. The van der Waals surface area contributed by atoms with E-state index in [4.69, 9.17) is 0 Å². The molecule has 2 aromatic heterocycles. The van der Waals surface area contributed by atoms with Crippen LogP contribution >= 0.6 is 0 Å². The van der Waals surface area contributed by atoms with Crippen LogP contribution in [0.2, 0.25) is 0 Å². The van der Waals surface area contributed by atoms with Crippen LogP contribution in [0.5, 0.6) is 0 Å². The number of aromatic nitrogens is 4. The highest BCUT2D eigenvalue weighted by molar-refractivity contribution is 5.89. The van der Waals surface area contributed by atoms with Crippen molar-refractivity contribution in [3.8, 4) is 5.82 Å². The summed E-state index contributed by atoms with van der Waals surface area (Å²) in [6.07, 6.45) is 3.37. The third-order valence-electron chi connectivity index (χ3n) is 6.03. The van der Waals surface area contributed by atoms with Crippen LogP contribution in [0.3, 0.4) is 0 Å². The number of imidazole rings is 1. The summed E-state index contributed by atoms with van der Waals surface area (Å²) in [5.41, 5.74) is 4.20. The van der Waals surface area contributed by atoms with Gasteiger partial charge in [0.2, 0.25) is 0 Å². The van der Waals surface area contributed by atoms with E-state index in [2.05, 4.69) is 58.1 Å². The standard InChI is InChI=1S/C24H31N7O/c1-17-18(2)31(16-27-17)22-14-21(25-15-26-22)29-10-12-30(13-11-29)23(32)28-20-8-6-19(7-9-20)24(3,4)5/h6-9,14-16H,10-13H2,1-5H3,(H,28,32). The van der Waals surface area contributed by atoms with Gasteiger partial charge in [-0.2, -0.15) is 0 Å². The zero-order chi connectivity index (χ0) is 22.9. The number of benzene rings is 1. The monoisotopic (exact) mass is 433 g/mol. The van der Waals surface area contributed by atoms with Crippen LogP contribution in [0.4, 0.5) is 16.3 Å². The molecule has 0 unspecified atom stereocenters. The van der Waals surface area contributed by atoms with Crippen molar-refractivity contribution in [2.45, 2.75) is 40.0 Å². The number of nitrogens with one attached hydrogen (secondary N) is 1. The van der Waals surface area contributed by atoms with Crippen molar-refractivity contribution in [3.63, 3.8) is 0 Å². The normalized spacial score (nSPS) is 14.5. The lowest BCUT2D eigenvalue weighted by molar-refractivity contribution is 0.208. The summed E-state index contributed by atoms with van der Waals surface area (Å²) in [7, 11) is 0. The molecule has 8 nitrogen and oxygen atoms in total. The van der Waals surface area contributed by atoms with Crippen LogP contribution in [0, 0.1) is 13.8 Å². The number of piperazine rings is 1. The molecular formula is C24H31N7O. The molecule has 1 N–H and O–H groups in total. The van der Waals surface area contributed by atoms with Gasteiger partial charge in [-0.1, -0.05) is 32.9 Å².